The lowest BCUT2D eigenvalue weighted by Gasteiger charge is -2.21. The molecule has 1 saturated heterocycles. The van der Waals surface area contributed by atoms with Crippen LogP contribution in [0.4, 0.5) is 11.4 Å². The van der Waals surface area contributed by atoms with Gasteiger partial charge in [-0.1, -0.05) is 6.42 Å². The second-order valence-electron chi connectivity index (χ2n) is 4.58. The zero-order chi connectivity index (χ0) is 14.0. The minimum atomic E-state index is -3.32. The molecule has 0 bridgehead atoms. The first kappa shape index (κ1) is 14.3. The third-order valence-corrected chi connectivity index (χ3v) is 5.95. The Kier molecular flexibility index (Phi) is 4.15. The summed E-state index contributed by atoms with van der Waals surface area (Å²) in [6, 6.07) is 4.95. The zero-order valence-corrected chi connectivity index (χ0v) is 12.6. The van der Waals surface area contributed by atoms with Crippen LogP contribution in [0.25, 0.3) is 0 Å². The van der Waals surface area contributed by atoms with Gasteiger partial charge in [-0.25, -0.2) is 8.42 Å². The fourth-order valence-electron chi connectivity index (χ4n) is 2.09. The van der Waals surface area contributed by atoms with E-state index in [9.17, 15) is 13.2 Å². The van der Waals surface area contributed by atoms with E-state index in [0.717, 1.165) is 6.42 Å². The smallest absolute Gasteiger partial charge is 0.242 e. The Labute approximate surface area is 120 Å². The Morgan fingerprint density at radius 2 is 2.11 bits per heavy atom. The van der Waals surface area contributed by atoms with Crippen LogP contribution >= 0.6 is 15.9 Å². The average molecular weight is 347 g/mol. The number of sulfone groups is 1. The summed E-state index contributed by atoms with van der Waals surface area (Å²) in [5, 5.41) is 1.70. The van der Waals surface area contributed by atoms with Gasteiger partial charge < -0.3 is 11.1 Å². The number of halogens is 1. The molecule has 0 saturated carbocycles. The molecule has 1 unspecified atom stereocenters. The van der Waals surface area contributed by atoms with E-state index in [4.69, 9.17) is 5.73 Å². The van der Waals surface area contributed by atoms with Crippen molar-refractivity contribution in [2.24, 2.45) is 0 Å². The number of carbonyl (C=O) groups is 1. The minimum absolute atomic E-state index is 0.0913. The van der Waals surface area contributed by atoms with Crippen molar-refractivity contribution >= 4 is 43.0 Å². The van der Waals surface area contributed by atoms with Gasteiger partial charge >= 0.3 is 0 Å². The third-order valence-electron chi connectivity index (χ3n) is 3.12. The zero-order valence-electron chi connectivity index (χ0n) is 10.2. The molecule has 5 nitrogen and oxygen atoms in total. The summed E-state index contributed by atoms with van der Waals surface area (Å²) in [6.45, 7) is 0. The lowest BCUT2D eigenvalue weighted by Crippen LogP contribution is -2.39. The average Bonchev–Trinajstić information content (AvgIpc) is 2.32. The lowest BCUT2D eigenvalue weighted by molar-refractivity contribution is -0.116. The van der Waals surface area contributed by atoms with Gasteiger partial charge in [-0.3, -0.25) is 4.79 Å². The predicted molar refractivity (Wildman–Crippen MR) is 78.6 cm³/mol. The van der Waals surface area contributed by atoms with Crippen molar-refractivity contribution in [1.29, 1.82) is 0 Å². The number of nitrogens with one attached hydrogen (secondary N) is 1. The van der Waals surface area contributed by atoms with E-state index in [2.05, 4.69) is 21.2 Å². The van der Waals surface area contributed by atoms with Gasteiger partial charge in [-0.15, -0.1) is 0 Å². The number of benzene rings is 1. The van der Waals surface area contributed by atoms with Crippen LogP contribution in [0.1, 0.15) is 19.3 Å². The van der Waals surface area contributed by atoms with Crippen molar-refractivity contribution in [2.75, 3.05) is 16.8 Å². The van der Waals surface area contributed by atoms with Crippen LogP contribution in [0.5, 0.6) is 0 Å². The predicted octanol–water partition coefficient (Wildman–Crippen LogP) is 1.94. The van der Waals surface area contributed by atoms with E-state index in [0.29, 0.717) is 28.7 Å². The van der Waals surface area contributed by atoms with E-state index >= 15 is 0 Å². The van der Waals surface area contributed by atoms with Gasteiger partial charge in [0.25, 0.3) is 0 Å². The molecule has 7 heteroatoms. The molecule has 1 atom stereocenters. The van der Waals surface area contributed by atoms with E-state index in [-0.39, 0.29) is 5.75 Å². The summed E-state index contributed by atoms with van der Waals surface area (Å²) >= 11 is 3.28. The molecule has 0 aliphatic carbocycles. The topological polar surface area (TPSA) is 89.3 Å². The summed E-state index contributed by atoms with van der Waals surface area (Å²) in [5.74, 6) is -0.376. The number of amides is 1. The Balaban J connectivity index is 2.17. The highest BCUT2D eigenvalue weighted by Gasteiger charge is 2.34. The first-order valence-electron chi connectivity index (χ1n) is 5.97. The van der Waals surface area contributed by atoms with Crippen molar-refractivity contribution in [1.82, 2.24) is 0 Å². The second kappa shape index (κ2) is 5.50. The van der Waals surface area contributed by atoms with Crippen molar-refractivity contribution in [3.8, 4) is 0 Å². The molecule has 1 aromatic carbocycles. The standard InChI is InChI=1S/C12H15BrN2O3S/c13-9-7-8(14)4-5-10(9)15-12(16)11-3-1-2-6-19(11,17)18/h4-5,7,11H,1-3,6,14H2,(H,15,16). The molecule has 0 aromatic heterocycles. The highest BCUT2D eigenvalue weighted by molar-refractivity contribution is 9.10. The molecular formula is C12H15BrN2O3S. The largest absolute Gasteiger partial charge is 0.399 e. The van der Waals surface area contributed by atoms with E-state index in [1.807, 2.05) is 0 Å². The van der Waals surface area contributed by atoms with Crippen LogP contribution in [-0.4, -0.2) is 25.3 Å². The van der Waals surface area contributed by atoms with Crippen LogP contribution in [0.2, 0.25) is 0 Å². The quantitative estimate of drug-likeness (QED) is 0.800. The van der Waals surface area contributed by atoms with Gasteiger partial charge in [0, 0.05) is 10.2 Å². The molecular weight excluding hydrogens is 332 g/mol. The Morgan fingerprint density at radius 3 is 2.74 bits per heavy atom. The molecule has 1 fully saturated rings. The van der Waals surface area contributed by atoms with Crippen LogP contribution in [-0.2, 0) is 14.6 Å². The summed E-state index contributed by atoms with van der Waals surface area (Å²) in [5.41, 5.74) is 6.70. The summed E-state index contributed by atoms with van der Waals surface area (Å²) < 4.78 is 24.4. The van der Waals surface area contributed by atoms with Crippen LogP contribution in [0.3, 0.4) is 0 Å². The first-order chi connectivity index (χ1) is 8.90. The van der Waals surface area contributed by atoms with E-state index in [1.54, 1.807) is 18.2 Å². The van der Waals surface area contributed by atoms with Gasteiger partial charge in [0.1, 0.15) is 5.25 Å². The normalized spacial score (nSPS) is 21.8. The first-order valence-corrected chi connectivity index (χ1v) is 8.48. The molecule has 0 radical (unpaired) electrons. The van der Waals surface area contributed by atoms with Gasteiger partial charge in [-0.2, -0.15) is 0 Å². The Bertz CT molecular complexity index is 601. The monoisotopic (exact) mass is 346 g/mol. The van der Waals surface area contributed by atoms with Crippen LogP contribution in [0, 0.1) is 0 Å². The molecule has 19 heavy (non-hydrogen) atoms. The summed E-state index contributed by atoms with van der Waals surface area (Å²) in [4.78, 5) is 12.1. The number of nitrogen functional groups attached to an aromatic ring is 1. The molecule has 1 aromatic rings. The number of carbonyl (C=O) groups excluding carboxylic acids is 1. The maximum absolute atomic E-state index is 12.1. The van der Waals surface area contributed by atoms with Gasteiger partial charge in [-0.05, 0) is 47.0 Å². The Hall–Kier alpha value is -1.08. The number of hydrogen-bond acceptors (Lipinski definition) is 4. The third kappa shape index (κ3) is 3.27. The number of hydrogen-bond donors (Lipinski definition) is 2. The van der Waals surface area contributed by atoms with Crippen molar-refractivity contribution in [2.45, 2.75) is 24.5 Å². The van der Waals surface area contributed by atoms with E-state index < -0.39 is 21.0 Å². The van der Waals surface area contributed by atoms with E-state index in [1.165, 1.54) is 0 Å². The summed E-state index contributed by atoms with van der Waals surface area (Å²) in [7, 11) is -3.32. The molecule has 104 valence electrons. The molecule has 1 aliphatic rings. The molecule has 2 rings (SSSR count). The Morgan fingerprint density at radius 1 is 1.37 bits per heavy atom. The number of anilines is 2. The van der Waals surface area contributed by atoms with Crippen molar-refractivity contribution in [3.05, 3.63) is 22.7 Å². The molecule has 3 N–H and O–H groups in total. The fourth-order valence-corrected chi connectivity index (χ4v) is 4.39. The molecule has 0 spiro atoms. The summed E-state index contributed by atoms with van der Waals surface area (Å²) in [6.07, 6.45) is 1.79. The van der Waals surface area contributed by atoms with Crippen LogP contribution < -0.4 is 11.1 Å². The van der Waals surface area contributed by atoms with Gasteiger partial charge in [0.05, 0.1) is 11.4 Å². The van der Waals surface area contributed by atoms with Crippen molar-refractivity contribution < 1.29 is 13.2 Å². The van der Waals surface area contributed by atoms with Gasteiger partial charge in [0.2, 0.25) is 5.91 Å². The molecule has 1 heterocycles. The maximum atomic E-state index is 12.1. The lowest BCUT2D eigenvalue weighted by atomic mass is 10.2. The fraction of sp³-hybridized carbons (Fsp3) is 0.417. The SMILES string of the molecule is Nc1ccc(NC(=O)C2CCCCS2(=O)=O)c(Br)c1. The van der Waals surface area contributed by atoms with Crippen LogP contribution in [0.15, 0.2) is 22.7 Å². The molecule has 1 aliphatic heterocycles. The second-order valence-corrected chi connectivity index (χ2v) is 7.74. The highest BCUT2D eigenvalue weighted by atomic mass is 79.9. The number of nitrogens with two attached hydrogens (primary N) is 1. The molecule has 1 amide bonds. The maximum Gasteiger partial charge on any atom is 0.242 e. The van der Waals surface area contributed by atoms with Crippen molar-refractivity contribution in [3.63, 3.8) is 0 Å². The highest BCUT2D eigenvalue weighted by Crippen LogP contribution is 2.26. The van der Waals surface area contributed by atoms with Gasteiger partial charge in [0.15, 0.2) is 9.84 Å². The number of rotatable bonds is 2. The minimum Gasteiger partial charge on any atom is -0.399 e.